The molecule has 0 bridgehead atoms. The summed E-state index contributed by atoms with van der Waals surface area (Å²) < 4.78 is 45.1. The smallest absolute Gasteiger partial charge is 0.265 e. The number of hydrogen-bond donors (Lipinski definition) is 3. The van der Waals surface area contributed by atoms with Crippen molar-refractivity contribution >= 4 is 21.5 Å². The highest BCUT2D eigenvalue weighted by Crippen LogP contribution is 2.24. The second kappa shape index (κ2) is 5.94. The van der Waals surface area contributed by atoms with E-state index in [0.717, 1.165) is 6.07 Å². The van der Waals surface area contributed by atoms with E-state index in [1.54, 1.807) is 0 Å². The van der Waals surface area contributed by atoms with Gasteiger partial charge in [0.05, 0.1) is 12.8 Å². The fourth-order valence-electron chi connectivity index (χ4n) is 1.66. The van der Waals surface area contributed by atoms with Gasteiger partial charge in [-0.05, 0) is 24.3 Å². The highest BCUT2D eigenvalue weighted by Gasteiger charge is 2.19. The number of aromatic nitrogens is 1. The van der Waals surface area contributed by atoms with Crippen LogP contribution in [0.4, 0.5) is 15.9 Å². The molecule has 1 aromatic heterocycles. The Labute approximate surface area is 121 Å². The lowest BCUT2D eigenvalue weighted by atomic mass is 10.3. The Hall–Kier alpha value is -2.39. The summed E-state index contributed by atoms with van der Waals surface area (Å²) in [5.41, 5.74) is 2.25. The molecule has 21 heavy (non-hydrogen) atoms. The first kappa shape index (κ1) is 15.0. The second-order valence-electron chi connectivity index (χ2n) is 3.95. The number of hydrogen-bond acceptors (Lipinski definition) is 6. The minimum Gasteiger partial charge on any atom is -0.494 e. The highest BCUT2D eigenvalue weighted by molar-refractivity contribution is 7.92. The van der Waals surface area contributed by atoms with Crippen LogP contribution in [0.25, 0.3) is 0 Å². The molecule has 0 radical (unpaired) electrons. The van der Waals surface area contributed by atoms with Crippen molar-refractivity contribution in [3.8, 4) is 5.75 Å². The first-order chi connectivity index (χ1) is 9.97. The average Bonchev–Trinajstić information content (AvgIpc) is 2.47. The third kappa shape index (κ3) is 3.20. The Kier molecular flexibility index (Phi) is 4.24. The van der Waals surface area contributed by atoms with Crippen molar-refractivity contribution in [3.63, 3.8) is 0 Å². The van der Waals surface area contributed by atoms with Crippen LogP contribution in [0.5, 0.6) is 5.75 Å². The number of ether oxygens (including phenoxy) is 1. The fourth-order valence-corrected chi connectivity index (χ4v) is 2.83. The van der Waals surface area contributed by atoms with Gasteiger partial charge in [0.1, 0.15) is 4.90 Å². The van der Waals surface area contributed by atoms with E-state index in [1.807, 2.05) is 0 Å². The lowest BCUT2D eigenvalue weighted by Gasteiger charge is -2.11. The second-order valence-corrected chi connectivity index (χ2v) is 5.60. The first-order valence-corrected chi connectivity index (χ1v) is 7.24. The Balaban J connectivity index is 2.35. The van der Waals surface area contributed by atoms with Gasteiger partial charge in [0, 0.05) is 12.3 Å². The monoisotopic (exact) mass is 312 g/mol. The van der Waals surface area contributed by atoms with Crippen LogP contribution in [0.3, 0.4) is 0 Å². The number of benzene rings is 1. The number of anilines is 2. The molecule has 0 spiro atoms. The molecule has 9 heteroatoms. The molecule has 1 heterocycles. The molecule has 0 atom stereocenters. The van der Waals surface area contributed by atoms with Crippen LogP contribution < -0.4 is 20.7 Å². The molecule has 0 aliphatic heterocycles. The van der Waals surface area contributed by atoms with E-state index in [9.17, 15) is 12.8 Å². The third-order valence-corrected chi connectivity index (χ3v) is 4.01. The minimum atomic E-state index is -3.95. The summed E-state index contributed by atoms with van der Waals surface area (Å²) in [6, 6.07) is 6.49. The molecular formula is C12H13FN4O3S. The van der Waals surface area contributed by atoms with E-state index in [4.69, 9.17) is 10.6 Å². The fraction of sp³-hybridized carbons (Fsp3) is 0.0833. The number of hydrazine groups is 1. The predicted octanol–water partition coefficient (Wildman–Crippen LogP) is 1.32. The van der Waals surface area contributed by atoms with E-state index in [0.29, 0.717) is 0 Å². The molecule has 0 saturated heterocycles. The topological polar surface area (TPSA) is 106 Å². The van der Waals surface area contributed by atoms with Crippen molar-refractivity contribution in [3.05, 3.63) is 42.3 Å². The van der Waals surface area contributed by atoms with Gasteiger partial charge in [0.2, 0.25) is 0 Å². The summed E-state index contributed by atoms with van der Waals surface area (Å²) in [7, 11) is -2.64. The molecule has 1 aromatic carbocycles. The molecule has 0 amide bonds. The quantitative estimate of drug-likeness (QED) is 0.568. The lowest BCUT2D eigenvalue weighted by molar-refractivity contribution is 0.386. The molecular weight excluding hydrogens is 299 g/mol. The van der Waals surface area contributed by atoms with Crippen LogP contribution in [0.15, 0.2) is 41.4 Å². The predicted molar refractivity (Wildman–Crippen MR) is 75.8 cm³/mol. The summed E-state index contributed by atoms with van der Waals surface area (Å²) in [5.74, 6) is 4.54. The van der Waals surface area contributed by atoms with Crippen molar-refractivity contribution in [1.82, 2.24) is 4.98 Å². The van der Waals surface area contributed by atoms with Crippen molar-refractivity contribution in [2.45, 2.75) is 4.90 Å². The zero-order chi connectivity index (χ0) is 15.5. The van der Waals surface area contributed by atoms with Gasteiger partial charge in [0.25, 0.3) is 10.0 Å². The van der Waals surface area contributed by atoms with Crippen LogP contribution in [0.2, 0.25) is 0 Å². The molecule has 2 aromatic rings. The maximum absolute atomic E-state index is 13.6. The van der Waals surface area contributed by atoms with Crippen molar-refractivity contribution in [1.29, 1.82) is 0 Å². The number of nitrogens with one attached hydrogen (secondary N) is 2. The maximum Gasteiger partial charge on any atom is 0.265 e. The van der Waals surface area contributed by atoms with Crippen LogP contribution in [-0.4, -0.2) is 20.5 Å². The van der Waals surface area contributed by atoms with E-state index >= 15 is 0 Å². The molecule has 4 N–H and O–H groups in total. The number of rotatable bonds is 5. The SMILES string of the molecule is COc1ccc(NS(=O)(=O)c2cccnc2NN)cc1F. The van der Waals surface area contributed by atoms with Crippen LogP contribution in [0.1, 0.15) is 0 Å². The van der Waals surface area contributed by atoms with Crippen molar-refractivity contribution < 1.29 is 17.5 Å². The molecule has 112 valence electrons. The van der Waals surface area contributed by atoms with Crippen LogP contribution in [-0.2, 0) is 10.0 Å². The number of methoxy groups -OCH3 is 1. The molecule has 7 nitrogen and oxygen atoms in total. The van der Waals surface area contributed by atoms with Gasteiger partial charge in [-0.15, -0.1) is 0 Å². The largest absolute Gasteiger partial charge is 0.494 e. The van der Waals surface area contributed by atoms with Gasteiger partial charge in [-0.3, -0.25) is 4.72 Å². The molecule has 0 unspecified atom stereocenters. The average molecular weight is 312 g/mol. The molecule has 0 aliphatic carbocycles. The summed E-state index contributed by atoms with van der Waals surface area (Å²) in [5, 5.41) is 0. The zero-order valence-electron chi connectivity index (χ0n) is 11.0. The Morgan fingerprint density at radius 3 is 2.71 bits per heavy atom. The zero-order valence-corrected chi connectivity index (χ0v) is 11.8. The number of sulfonamides is 1. The van der Waals surface area contributed by atoms with Gasteiger partial charge >= 0.3 is 0 Å². The summed E-state index contributed by atoms with van der Waals surface area (Å²) in [6.45, 7) is 0. The lowest BCUT2D eigenvalue weighted by Crippen LogP contribution is -2.18. The van der Waals surface area contributed by atoms with Gasteiger partial charge in [-0.25, -0.2) is 23.6 Å². The van der Waals surface area contributed by atoms with Gasteiger partial charge < -0.3 is 10.2 Å². The van der Waals surface area contributed by atoms with Crippen molar-refractivity contribution in [2.75, 3.05) is 17.3 Å². The molecule has 0 saturated carbocycles. The van der Waals surface area contributed by atoms with E-state index < -0.39 is 15.8 Å². The summed E-state index contributed by atoms with van der Waals surface area (Å²) >= 11 is 0. The summed E-state index contributed by atoms with van der Waals surface area (Å²) in [4.78, 5) is 3.65. The number of pyridine rings is 1. The Bertz CT molecular complexity index is 752. The number of nitrogens with zero attached hydrogens (tertiary/aromatic N) is 1. The maximum atomic E-state index is 13.6. The van der Waals surface area contributed by atoms with Gasteiger partial charge in [0.15, 0.2) is 17.4 Å². The van der Waals surface area contributed by atoms with Crippen LogP contribution >= 0.6 is 0 Å². The molecule has 0 fully saturated rings. The van der Waals surface area contributed by atoms with E-state index in [1.165, 1.54) is 37.6 Å². The minimum absolute atomic E-state index is 0.0148. The van der Waals surface area contributed by atoms with Gasteiger partial charge in [-0.2, -0.15) is 0 Å². The van der Waals surface area contributed by atoms with Crippen molar-refractivity contribution in [2.24, 2.45) is 5.84 Å². The first-order valence-electron chi connectivity index (χ1n) is 5.76. The number of nitrogen functional groups attached to an aromatic ring is 1. The standard InChI is InChI=1S/C12H13FN4O3S/c1-20-10-5-4-8(7-9(10)13)17-21(18,19)11-3-2-6-15-12(11)16-14/h2-7,17H,14H2,1H3,(H,15,16). The third-order valence-electron chi connectivity index (χ3n) is 2.60. The highest BCUT2D eigenvalue weighted by atomic mass is 32.2. The molecule has 0 aliphatic rings. The number of nitrogens with two attached hydrogens (primary N) is 1. The van der Waals surface area contributed by atoms with Gasteiger partial charge in [-0.1, -0.05) is 0 Å². The number of halogens is 1. The summed E-state index contributed by atoms with van der Waals surface area (Å²) in [6.07, 6.45) is 1.39. The normalized spacial score (nSPS) is 11.0. The van der Waals surface area contributed by atoms with Crippen LogP contribution in [0, 0.1) is 5.82 Å². The molecule has 2 rings (SSSR count). The Morgan fingerprint density at radius 2 is 2.10 bits per heavy atom. The van der Waals surface area contributed by atoms with E-state index in [-0.39, 0.29) is 22.2 Å². The Morgan fingerprint density at radius 1 is 1.33 bits per heavy atom. The van der Waals surface area contributed by atoms with E-state index in [2.05, 4.69) is 15.1 Å².